The van der Waals surface area contributed by atoms with Gasteiger partial charge in [-0.25, -0.2) is 5.43 Å². The lowest BCUT2D eigenvalue weighted by atomic mass is 9.93. The summed E-state index contributed by atoms with van der Waals surface area (Å²) in [5.74, 6) is 0.570. The van der Waals surface area contributed by atoms with Gasteiger partial charge < -0.3 is 14.2 Å². The summed E-state index contributed by atoms with van der Waals surface area (Å²) in [5, 5.41) is 7.17. The second-order valence-electron chi connectivity index (χ2n) is 7.39. The Labute approximate surface area is 151 Å². The van der Waals surface area contributed by atoms with Gasteiger partial charge in [-0.15, -0.1) is 0 Å². The van der Waals surface area contributed by atoms with Crippen molar-refractivity contribution in [3.8, 4) is 0 Å². The molecule has 1 aliphatic rings. The van der Waals surface area contributed by atoms with Crippen molar-refractivity contribution in [2.45, 2.75) is 52.5 Å². The molecule has 3 rings (SSSR count). The highest BCUT2D eigenvalue weighted by Crippen LogP contribution is 2.30. The van der Waals surface area contributed by atoms with Crippen molar-refractivity contribution < 1.29 is 18.4 Å². The zero-order chi connectivity index (χ0) is 18.9. The average Bonchev–Trinajstić information content (AvgIpc) is 3.19. The summed E-state index contributed by atoms with van der Waals surface area (Å²) in [5.41, 5.74) is 4.42. The summed E-state index contributed by atoms with van der Waals surface area (Å²) < 4.78 is 10.9. The number of hydrogen-bond donors (Lipinski definition) is 2. The predicted molar refractivity (Wildman–Crippen MR) is 96.3 cm³/mol. The molecule has 138 valence electrons. The quantitative estimate of drug-likeness (QED) is 0.825. The zero-order valence-electron chi connectivity index (χ0n) is 15.4. The number of hydrogen-bond acceptors (Lipinski definition) is 5. The second-order valence-corrected chi connectivity index (χ2v) is 7.39. The van der Waals surface area contributed by atoms with Crippen molar-refractivity contribution in [2.24, 2.45) is 5.10 Å². The van der Waals surface area contributed by atoms with Crippen LogP contribution in [0.25, 0.3) is 0 Å². The van der Waals surface area contributed by atoms with Crippen LogP contribution in [0, 0.1) is 6.92 Å². The lowest BCUT2D eigenvalue weighted by Crippen LogP contribution is -2.40. The van der Waals surface area contributed by atoms with Crippen LogP contribution >= 0.6 is 0 Å². The molecule has 2 N–H and O–H groups in total. The number of carbonyl (C=O) groups is 2. The summed E-state index contributed by atoms with van der Waals surface area (Å²) >= 11 is 0. The van der Waals surface area contributed by atoms with Crippen molar-refractivity contribution in [1.29, 1.82) is 0 Å². The Morgan fingerprint density at radius 1 is 1.19 bits per heavy atom. The van der Waals surface area contributed by atoms with E-state index in [1.165, 1.54) is 6.26 Å². The van der Waals surface area contributed by atoms with Gasteiger partial charge in [-0.1, -0.05) is 0 Å². The van der Waals surface area contributed by atoms with E-state index in [-0.39, 0.29) is 17.2 Å². The van der Waals surface area contributed by atoms with Crippen LogP contribution in [0.15, 0.2) is 32.3 Å². The minimum atomic E-state index is -0.415. The molecule has 2 aromatic rings. The first-order valence-corrected chi connectivity index (χ1v) is 8.62. The maximum absolute atomic E-state index is 12.5. The first-order chi connectivity index (χ1) is 12.3. The van der Waals surface area contributed by atoms with Gasteiger partial charge in [0.2, 0.25) is 0 Å². The molecule has 0 fully saturated rings. The van der Waals surface area contributed by atoms with E-state index in [4.69, 9.17) is 8.83 Å². The van der Waals surface area contributed by atoms with Crippen LogP contribution in [-0.2, 0) is 6.42 Å². The van der Waals surface area contributed by atoms with Crippen molar-refractivity contribution >= 4 is 17.5 Å². The van der Waals surface area contributed by atoms with Crippen molar-refractivity contribution in [3.63, 3.8) is 0 Å². The topological polar surface area (TPSA) is 96.8 Å². The Morgan fingerprint density at radius 2 is 1.96 bits per heavy atom. The molecule has 2 aromatic heterocycles. The number of nitrogens with zero attached hydrogens (tertiary/aromatic N) is 1. The predicted octanol–water partition coefficient (Wildman–Crippen LogP) is 3.18. The molecule has 1 aliphatic carbocycles. The minimum absolute atomic E-state index is 0.194. The first-order valence-electron chi connectivity index (χ1n) is 8.62. The van der Waals surface area contributed by atoms with Crippen LogP contribution in [0.5, 0.6) is 0 Å². The Hall–Kier alpha value is -2.83. The minimum Gasteiger partial charge on any atom is -0.459 e. The van der Waals surface area contributed by atoms with E-state index in [2.05, 4.69) is 15.8 Å². The largest absolute Gasteiger partial charge is 0.459 e. The van der Waals surface area contributed by atoms with E-state index in [1.54, 1.807) is 12.1 Å². The number of fused-ring (bicyclic) bond motifs is 1. The average molecular weight is 357 g/mol. The third kappa shape index (κ3) is 3.71. The highest BCUT2D eigenvalue weighted by Gasteiger charge is 2.29. The molecule has 0 aromatic carbocycles. The van der Waals surface area contributed by atoms with Crippen LogP contribution in [-0.4, -0.2) is 23.1 Å². The summed E-state index contributed by atoms with van der Waals surface area (Å²) in [7, 11) is 0. The molecular weight excluding hydrogens is 334 g/mol. The molecule has 0 spiro atoms. The molecule has 0 saturated carbocycles. The number of nitrogens with one attached hydrogen (secondary N) is 2. The fourth-order valence-corrected chi connectivity index (χ4v) is 2.98. The molecular formula is C19H23N3O4. The van der Waals surface area contributed by atoms with Crippen LogP contribution < -0.4 is 10.7 Å². The van der Waals surface area contributed by atoms with Gasteiger partial charge in [0.15, 0.2) is 11.5 Å². The van der Waals surface area contributed by atoms with Crippen molar-refractivity contribution in [1.82, 2.24) is 10.7 Å². The number of furan rings is 2. The smallest absolute Gasteiger partial charge is 0.307 e. The fraction of sp³-hybridized carbons (Fsp3) is 0.421. The van der Waals surface area contributed by atoms with Gasteiger partial charge in [0.05, 0.1) is 12.0 Å². The van der Waals surface area contributed by atoms with E-state index in [0.717, 1.165) is 29.7 Å². The maximum Gasteiger partial charge on any atom is 0.307 e. The molecule has 0 unspecified atom stereocenters. The SMILES string of the molecule is Cc1c(C(=O)NC(C)(C)C)oc2c1/C(=N/NC(=O)c1ccco1)CCC2. The lowest BCUT2D eigenvalue weighted by Gasteiger charge is -2.19. The van der Waals surface area contributed by atoms with Gasteiger partial charge in [0, 0.05) is 23.1 Å². The Morgan fingerprint density at radius 3 is 2.62 bits per heavy atom. The first kappa shape index (κ1) is 18.0. The van der Waals surface area contributed by atoms with Crippen molar-refractivity contribution in [2.75, 3.05) is 0 Å². The third-order valence-corrected chi connectivity index (χ3v) is 4.06. The van der Waals surface area contributed by atoms with Gasteiger partial charge in [0.25, 0.3) is 5.91 Å². The number of aryl methyl sites for hydroxylation is 1. The number of hydrazone groups is 1. The molecule has 7 heteroatoms. The van der Waals surface area contributed by atoms with Gasteiger partial charge >= 0.3 is 5.91 Å². The second kappa shape index (κ2) is 6.82. The van der Waals surface area contributed by atoms with Crippen LogP contribution in [0.1, 0.15) is 71.6 Å². The van der Waals surface area contributed by atoms with Gasteiger partial charge in [-0.2, -0.15) is 5.10 Å². The number of rotatable bonds is 3. The van der Waals surface area contributed by atoms with E-state index in [1.807, 2.05) is 27.7 Å². The number of carbonyl (C=O) groups excluding carboxylic acids is 2. The summed E-state index contributed by atoms with van der Waals surface area (Å²) in [6.07, 6.45) is 3.72. The number of amides is 2. The molecule has 0 saturated heterocycles. The van der Waals surface area contributed by atoms with Crippen molar-refractivity contribution in [3.05, 3.63) is 46.8 Å². The van der Waals surface area contributed by atoms with E-state index < -0.39 is 5.91 Å². The standard InChI is InChI=1S/C19H23N3O4/c1-11-15-12(21-22-17(23)14-9-6-10-25-14)7-5-8-13(15)26-16(11)18(24)20-19(2,3)4/h6,9-10H,5,7-8H2,1-4H3,(H,20,24)(H,22,23)/b21-12+. The monoisotopic (exact) mass is 357 g/mol. The maximum atomic E-state index is 12.5. The van der Waals surface area contributed by atoms with Gasteiger partial charge in [-0.05, 0) is 52.7 Å². The van der Waals surface area contributed by atoms with Crippen LogP contribution in [0.3, 0.4) is 0 Å². The molecule has 0 radical (unpaired) electrons. The van der Waals surface area contributed by atoms with Gasteiger partial charge in [-0.3, -0.25) is 9.59 Å². The molecule has 0 bridgehead atoms. The van der Waals surface area contributed by atoms with E-state index in [0.29, 0.717) is 17.9 Å². The van der Waals surface area contributed by atoms with Crippen LogP contribution in [0.4, 0.5) is 0 Å². The Kier molecular flexibility index (Phi) is 4.71. The fourth-order valence-electron chi connectivity index (χ4n) is 2.98. The molecule has 26 heavy (non-hydrogen) atoms. The molecule has 2 heterocycles. The van der Waals surface area contributed by atoms with E-state index >= 15 is 0 Å². The highest BCUT2D eigenvalue weighted by atomic mass is 16.4. The molecule has 0 aliphatic heterocycles. The molecule has 7 nitrogen and oxygen atoms in total. The zero-order valence-corrected chi connectivity index (χ0v) is 15.4. The normalized spacial score (nSPS) is 15.6. The summed E-state index contributed by atoms with van der Waals surface area (Å²) in [6.45, 7) is 7.59. The van der Waals surface area contributed by atoms with Gasteiger partial charge in [0.1, 0.15) is 5.76 Å². The highest BCUT2D eigenvalue weighted by molar-refractivity contribution is 6.07. The summed E-state index contributed by atoms with van der Waals surface area (Å²) in [6, 6.07) is 3.21. The summed E-state index contributed by atoms with van der Waals surface area (Å²) in [4.78, 5) is 24.5. The third-order valence-electron chi connectivity index (χ3n) is 4.06. The van der Waals surface area contributed by atoms with Crippen LogP contribution in [0.2, 0.25) is 0 Å². The Balaban J connectivity index is 1.86. The molecule has 0 atom stereocenters. The van der Waals surface area contributed by atoms with E-state index in [9.17, 15) is 9.59 Å². The Bertz CT molecular complexity index is 854. The molecule has 2 amide bonds. The lowest BCUT2D eigenvalue weighted by molar-refractivity contribution is 0.0887.